The fourth-order valence-electron chi connectivity index (χ4n) is 3.25. The van der Waals surface area contributed by atoms with Crippen molar-refractivity contribution in [2.45, 2.75) is 13.1 Å². The maximum Gasteiger partial charge on any atom is 0.254 e. The summed E-state index contributed by atoms with van der Waals surface area (Å²) in [6.07, 6.45) is 0. The van der Waals surface area contributed by atoms with Crippen LogP contribution in [-0.2, 0) is 13.1 Å². The molecule has 4 aromatic rings. The second-order valence-corrected chi connectivity index (χ2v) is 7.06. The predicted molar refractivity (Wildman–Crippen MR) is 115 cm³/mol. The highest BCUT2D eigenvalue weighted by Gasteiger charge is 2.19. The third-order valence-corrected chi connectivity index (χ3v) is 4.88. The fourth-order valence-corrected chi connectivity index (χ4v) is 3.25. The standard InChI is InChI=1S/C25H21FN2O3/c1-30-23-13-9-19(10-14-23)24-15-22(27-31-24)17-28(16-18-5-3-2-4-6-18)25(29)20-7-11-21(26)12-8-20/h2-15H,16-17H2,1H3. The molecule has 156 valence electrons. The number of nitrogens with zero attached hydrogens (tertiary/aromatic N) is 2. The van der Waals surface area contributed by atoms with Crippen molar-refractivity contribution in [2.75, 3.05) is 7.11 Å². The minimum Gasteiger partial charge on any atom is -0.497 e. The Kier molecular flexibility index (Phi) is 6.08. The van der Waals surface area contributed by atoms with Crippen molar-refractivity contribution >= 4 is 5.91 Å². The zero-order valence-electron chi connectivity index (χ0n) is 17.0. The number of benzene rings is 3. The first-order chi connectivity index (χ1) is 15.1. The Morgan fingerprint density at radius 3 is 2.35 bits per heavy atom. The van der Waals surface area contributed by atoms with Crippen molar-refractivity contribution in [3.8, 4) is 17.1 Å². The van der Waals surface area contributed by atoms with E-state index in [0.717, 1.165) is 16.9 Å². The molecule has 0 bridgehead atoms. The number of aromatic nitrogens is 1. The lowest BCUT2D eigenvalue weighted by molar-refractivity contribution is 0.0726. The molecule has 3 aromatic carbocycles. The van der Waals surface area contributed by atoms with Crippen LogP contribution in [0.4, 0.5) is 4.39 Å². The zero-order valence-corrected chi connectivity index (χ0v) is 17.0. The fraction of sp³-hybridized carbons (Fsp3) is 0.120. The van der Waals surface area contributed by atoms with Gasteiger partial charge in [0.2, 0.25) is 0 Å². The Labute approximate surface area is 179 Å². The predicted octanol–water partition coefficient (Wildman–Crippen LogP) is 5.33. The highest BCUT2D eigenvalue weighted by atomic mass is 19.1. The molecule has 0 fully saturated rings. The minimum atomic E-state index is -0.383. The number of rotatable bonds is 7. The first-order valence-corrected chi connectivity index (χ1v) is 9.81. The zero-order chi connectivity index (χ0) is 21.6. The molecule has 1 heterocycles. The molecule has 31 heavy (non-hydrogen) atoms. The van der Waals surface area contributed by atoms with Crippen molar-refractivity contribution in [1.82, 2.24) is 10.1 Å². The second kappa shape index (κ2) is 9.26. The van der Waals surface area contributed by atoms with E-state index in [-0.39, 0.29) is 18.3 Å². The van der Waals surface area contributed by atoms with E-state index in [1.54, 1.807) is 12.0 Å². The lowest BCUT2D eigenvalue weighted by atomic mass is 10.1. The maximum atomic E-state index is 13.3. The van der Waals surface area contributed by atoms with Gasteiger partial charge in [0.05, 0.1) is 13.7 Å². The second-order valence-electron chi connectivity index (χ2n) is 7.06. The Morgan fingerprint density at radius 1 is 0.968 bits per heavy atom. The molecule has 1 aromatic heterocycles. The molecule has 0 atom stereocenters. The van der Waals surface area contributed by atoms with E-state index in [1.807, 2.05) is 60.7 Å². The summed E-state index contributed by atoms with van der Waals surface area (Å²) < 4.78 is 24.0. The first-order valence-electron chi connectivity index (χ1n) is 9.81. The van der Waals surface area contributed by atoms with E-state index in [4.69, 9.17) is 9.26 Å². The van der Waals surface area contributed by atoms with Gasteiger partial charge in [-0.15, -0.1) is 0 Å². The van der Waals surface area contributed by atoms with Crippen LogP contribution in [0, 0.1) is 5.82 Å². The quantitative estimate of drug-likeness (QED) is 0.409. The number of carbonyl (C=O) groups is 1. The summed E-state index contributed by atoms with van der Waals surface area (Å²) in [5, 5.41) is 4.15. The molecule has 4 rings (SSSR count). The maximum absolute atomic E-state index is 13.3. The van der Waals surface area contributed by atoms with E-state index < -0.39 is 0 Å². The molecule has 1 amide bonds. The number of hydrogen-bond acceptors (Lipinski definition) is 4. The molecule has 6 heteroatoms. The highest BCUT2D eigenvalue weighted by Crippen LogP contribution is 2.24. The molecular formula is C25H21FN2O3. The topological polar surface area (TPSA) is 55.6 Å². The number of methoxy groups -OCH3 is 1. The van der Waals surface area contributed by atoms with Crippen LogP contribution in [0.1, 0.15) is 21.6 Å². The first kappa shape index (κ1) is 20.3. The van der Waals surface area contributed by atoms with Gasteiger partial charge in [0, 0.05) is 23.7 Å². The van der Waals surface area contributed by atoms with Crippen LogP contribution in [0.2, 0.25) is 0 Å². The Morgan fingerprint density at radius 2 is 1.68 bits per heavy atom. The molecular weight excluding hydrogens is 395 g/mol. The van der Waals surface area contributed by atoms with Crippen molar-refractivity contribution in [1.29, 1.82) is 0 Å². The summed E-state index contributed by atoms with van der Waals surface area (Å²) >= 11 is 0. The summed E-state index contributed by atoms with van der Waals surface area (Å²) in [4.78, 5) is 14.8. The molecule has 0 N–H and O–H groups in total. The lowest BCUT2D eigenvalue weighted by Gasteiger charge is -2.22. The van der Waals surface area contributed by atoms with Crippen LogP contribution in [0.15, 0.2) is 89.5 Å². The molecule has 0 aliphatic rings. The van der Waals surface area contributed by atoms with Crippen LogP contribution in [-0.4, -0.2) is 23.1 Å². The van der Waals surface area contributed by atoms with Crippen molar-refractivity contribution in [3.05, 3.63) is 108 Å². The van der Waals surface area contributed by atoms with E-state index in [2.05, 4.69) is 5.16 Å². The number of amides is 1. The average molecular weight is 416 g/mol. The third kappa shape index (κ3) is 4.98. The Hall–Kier alpha value is -3.93. The summed E-state index contributed by atoms with van der Waals surface area (Å²) in [6, 6.07) is 24.5. The van der Waals surface area contributed by atoms with Gasteiger partial charge in [-0.05, 0) is 54.1 Å². The van der Waals surface area contributed by atoms with Crippen LogP contribution in [0.3, 0.4) is 0 Å². The van der Waals surface area contributed by atoms with Gasteiger partial charge in [-0.2, -0.15) is 0 Å². The van der Waals surface area contributed by atoms with Crippen LogP contribution in [0.5, 0.6) is 5.75 Å². The smallest absolute Gasteiger partial charge is 0.254 e. The normalized spacial score (nSPS) is 10.6. The molecule has 0 aliphatic carbocycles. The van der Waals surface area contributed by atoms with Gasteiger partial charge in [-0.1, -0.05) is 35.5 Å². The summed E-state index contributed by atoms with van der Waals surface area (Å²) in [5.74, 6) is 0.763. The average Bonchev–Trinajstić information content (AvgIpc) is 3.28. The molecule has 0 unspecified atom stereocenters. The molecule has 0 saturated carbocycles. The highest BCUT2D eigenvalue weighted by molar-refractivity contribution is 5.94. The van der Waals surface area contributed by atoms with Gasteiger partial charge in [-0.25, -0.2) is 4.39 Å². The third-order valence-electron chi connectivity index (χ3n) is 4.88. The van der Waals surface area contributed by atoms with Gasteiger partial charge in [0.25, 0.3) is 5.91 Å². The molecule has 0 radical (unpaired) electrons. The van der Waals surface area contributed by atoms with Crippen LogP contribution < -0.4 is 4.74 Å². The number of carbonyl (C=O) groups excluding carboxylic acids is 1. The number of ether oxygens (including phenoxy) is 1. The van der Waals surface area contributed by atoms with E-state index >= 15 is 0 Å². The van der Waals surface area contributed by atoms with Crippen LogP contribution >= 0.6 is 0 Å². The SMILES string of the molecule is COc1ccc(-c2cc(CN(Cc3ccccc3)C(=O)c3ccc(F)cc3)no2)cc1. The Balaban J connectivity index is 1.57. The monoisotopic (exact) mass is 416 g/mol. The van der Waals surface area contributed by atoms with Crippen LogP contribution in [0.25, 0.3) is 11.3 Å². The number of halogens is 1. The van der Waals surface area contributed by atoms with Gasteiger partial charge in [0.15, 0.2) is 5.76 Å². The van der Waals surface area contributed by atoms with E-state index in [9.17, 15) is 9.18 Å². The van der Waals surface area contributed by atoms with Gasteiger partial charge in [-0.3, -0.25) is 4.79 Å². The van der Waals surface area contributed by atoms with Gasteiger partial charge >= 0.3 is 0 Å². The van der Waals surface area contributed by atoms with Gasteiger partial charge in [0.1, 0.15) is 17.3 Å². The van der Waals surface area contributed by atoms with Gasteiger partial charge < -0.3 is 14.2 Å². The van der Waals surface area contributed by atoms with Crippen molar-refractivity contribution < 1.29 is 18.4 Å². The summed E-state index contributed by atoms with van der Waals surface area (Å²) in [7, 11) is 1.61. The largest absolute Gasteiger partial charge is 0.497 e. The Bertz CT molecular complexity index is 1140. The van der Waals surface area contributed by atoms with Crippen molar-refractivity contribution in [2.24, 2.45) is 0 Å². The van der Waals surface area contributed by atoms with E-state index in [0.29, 0.717) is 23.6 Å². The lowest BCUT2D eigenvalue weighted by Crippen LogP contribution is -2.30. The number of hydrogen-bond donors (Lipinski definition) is 0. The summed E-state index contributed by atoms with van der Waals surface area (Å²) in [5.41, 5.74) is 2.88. The van der Waals surface area contributed by atoms with Crippen molar-refractivity contribution in [3.63, 3.8) is 0 Å². The molecule has 0 saturated heterocycles. The molecule has 0 aliphatic heterocycles. The molecule has 0 spiro atoms. The summed E-state index contributed by atoms with van der Waals surface area (Å²) in [6.45, 7) is 0.645. The molecule has 5 nitrogen and oxygen atoms in total. The van der Waals surface area contributed by atoms with E-state index in [1.165, 1.54) is 24.3 Å². The minimum absolute atomic E-state index is 0.210.